The predicted octanol–water partition coefficient (Wildman–Crippen LogP) is 0.899. The van der Waals surface area contributed by atoms with E-state index in [4.69, 9.17) is 5.73 Å². The van der Waals surface area contributed by atoms with E-state index in [2.05, 4.69) is 0 Å². The number of amides is 2. The molecule has 0 aromatic carbocycles. The Balaban J connectivity index is 2.83. The highest BCUT2D eigenvalue weighted by molar-refractivity contribution is 5.90. The Morgan fingerprint density at radius 1 is 1.60 bits per heavy atom. The average molecular weight is 212 g/mol. The second-order valence-electron chi connectivity index (χ2n) is 4.49. The lowest BCUT2D eigenvalue weighted by atomic mass is 9.86. The van der Waals surface area contributed by atoms with Crippen molar-refractivity contribution in [1.82, 2.24) is 4.90 Å². The van der Waals surface area contributed by atoms with Crippen molar-refractivity contribution < 1.29 is 9.59 Å². The molecule has 0 spiro atoms. The van der Waals surface area contributed by atoms with Gasteiger partial charge in [0.1, 0.15) is 6.04 Å². The summed E-state index contributed by atoms with van der Waals surface area (Å²) in [5, 5.41) is 0. The maximum absolute atomic E-state index is 12.1. The highest BCUT2D eigenvalue weighted by atomic mass is 16.2. The van der Waals surface area contributed by atoms with Crippen LogP contribution in [0.3, 0.4) is 0 Å². The molecular weight excluding hydrogens is 192 g/mol. The Kier molecular flexibility index (Phi) is 3.37. The summed E-state index contributed by atoms with van der Waals surface area (Å²) >= 11 is 0. The highest BCUT2D eigenvalue weighted by Crippen LogP contribution is 2.35. The zero-order valence-corrected chi connectivity index (χ0v) is 9.75. The molecule has 0 radical (unpaired) electrons. The fraction of sp³-hybridized carbons (Fsp3) is 0.818. The fourth-order valence-corrected chi connectivity index (χ4v) is 2.12. The molecule has 4 nitrogen and oxygen atoms in total. The Morgan fingerprint density at radius 2 is 2.20 bits per heavy atom. The Morgan fingerprint density at radius 3 is 2.53 bits per heavy atom. The Hall–Kier alpha value is -1.06. The van der Waals surface area contributed by atoms with Crippen LogP contribution >= 0.6 is 0 Å². The summed E-state index contributed by atoms with van der Waals surface area (Å²) in [6, 6.07) is -0.425. The molecule has 0 aliphatic carbocycles. The lowest BCUT2D eigenvalue weighted by Crippen LogP contribution is -2.46. The van der Waals surface area contributed by atoms with Gasteiger partial charge >= 0.3 is 0 Å². The third-order valence-corrected chi connectivity index (χ3v) is 3.55. The van der Waals surface area contributed by atoms with Gasteiger partial charge < -0.3 is 10.6 Å². The summed E-state index contributed by atoms with van der Waals surface area (Å²) in [6.45, 7) is 6.50. The van der Waals surface area contributed by atoms with Gasteiger partial charge in [-0.25, -0.2) is 0 Å². The van der Waals surface area contributed by atoms with E-state index in [1.54, 1.807) is 4.90 Å². The maximum Gasteiger partial charge on any atom is 0.240 e. The van der Waals surface area contributed by atoms with E-state index in [9.17, 15) is 9.59 Å². The zero-order valence-electron chi connectivity index (χ0n) is 9.75. The van der Waals surface area contributed by atoms with Crippen LogP contribution in [0.2, 0.25) is 0 Å². The van der Waals surface area contributed by atoms with Crippen LogP contribution in [-0.2, 0) is 9.59 Å². The molecule has 0 aromatic heterocycles. The molecule has 1 aliphatic heterocycles. The van der Waals surface area contributed by atoms with Crippen molar-refractivity contribution in [2.75, 3.05) is 6.54 Å². The Labute approximate surface area is 90.8 Å². The minimum absolute atomic E-state index is 0.0793. The van der Waals surface area contributed by atoms with Crippen molar-refractivity contribution in [3.63, 3.8) is 0 Å². The zero-order chi connectivity index (χ0) is 11.6. The summed E-state index contributed by atoms with van der Waals surface area (Å²) < 4.78 is 0. The second-order valence-corrected chi connectivity index (χ2v) is 4.49. The molecule has 0 aromatic rings. The molecule has 2 N–H and O–H groups in total. The molecule has 2 atom stereocenters. The second kappa shape index (κ2) is 4.21. The summed E-state index contributed by atoms with van der Waals surface area (Å²) in [7, 11) is 0. The molecule has 1 aliphatic rings. The van der Waals surface area contributed by atoms with E-state index < -0.39 is 11.9 Å². The molecule has 0 saturated carbocycles. The summed E-state index contributed by atoms with van der Waals surface area (Å²) in [5.41, 5.74) is 5.00. The number of rotatable bonds is 4. The van der Waals surface area contributed by atoms with E-state index >= 15 is 0 Å². The topological polar surface area (TPSA) is 63.4 Å². The molecule has 1 unspecified atom stereocenters. The van der Waals surface area contributed by atoms with Crippen molar-refractivity contribution in [3.8, 4) is 0 Å². The highest BCUT2D eigenvalue weighted by Gasteiger charge is 2.44. The molecular formula is C11H20N2O2. The molecule has 1 rings (SSSR count). The number of carbonyl (C=O) groups is 2. The molecule has 1 saturated heterocycles. The summed E-state index contributed by atoms with van der Waals surface area (Å²) in [4.78, 5) is 24.9. The van der Waals surface area contributed by atoms with Crippen molar-refractivity contribution in [2.45, 2.75) is 46.1 Å². The third kappa shape index (κ3) is 1.98. The van der Waals surface area contributed by atoms with E-state index in [-0.39, 0.29) is 11.3 Å². The third-order valence-electron chi connectivity index (χ3n) is 3.55. The number of primary amides is 1. The van der Waals surface area contributed by atoms with E-state index in [0.29, 0.717) is 13.0 Å². The van der Waals surface area contributed by atoms with Crippen molar-refractivity contribution in [1.29, 1.82) is 0 Å². The first-order valence-corrected chi connectivity index (χ1v) is 5.56. The van der Waals surface area contributed by atoms with Crippen molar-refractivity contribution in [2.24, 2.45) is 11.1 Å². The predicted molar refractivity (Wildman–Crippen MR) is 58.0 cm³/mol. The average Bonchev–Trinajstić information content (AvgIpc) is 2.48. The number of likely N-dealkylation sites (tertiary alicyclic amines) is 1. The first kappa shape index (κ1) is 12.0. The van der Waals surface area contributed by atoms with Crippen molar-refractivity contribution in [3.05, 3.63) is 0 Å². The van der Waals surface area contributed by atoms with Crippen LogP contribution in [0.5, 0.6) is 0 Å². The van der Waals surface area contributed by atoms with Gasteiger partial charge in [-0.2, -0.15) is 0 Å². The lowest BCUT2D eigenvalue weighted by molar-refractivity contribution is -0.141. The van der Waals surface area contributed by atoms with E-state index in [1.165, 1.54) is 0 Å². The number of hydrogen-bond acceptors (Lipinski definition) is 2. The standard InChI is InChI=1S/C11H20N2O2/c1-4-8(9(12)14)13-7-6-11(3,5-2)10(13)15/h8H,4-7H2,1-3H3,(H2,12,14)/t8-,11?/m0/s1. The smallest absolute Gasteiger partial charge is 0.240 e. The van der Waals surface area contributed by atoms with Gasteiger partial charge in [0, 0.05) is 12.0 Å². The first-order chi connectivity index (χ1) is 6.96. The largest absolute Gasteiger partial charge is 0.368 e. The number of carbonyl (C=O) groups excluding carboxylic acids is 2. The normalized spacial score (nSPS) is 28.2. The first-order valence-electron chi connectivity index (χ1n) is 5.56. The summed E-state index contributed by atoms with van der Waals surface area (Å²) in [6.07, 6.45) is 2.24. The molecule has 1 heterocycles. The van der Waals surface area contributed by atoms with Gasteiger partial charge in [-0.05, 0) is 19.3 Å². The minimum atomic E-state index is -0.425. The van der Waals surface area contributed by atoms with Crippen LogP contribution in [0.15, 0.2) is 0 Å². The van der Waals surface area contributed by atoms with Crippen LogP contribution < -0.4 is 5.73 Å². The number of nitrogens with zero attached hydrogens (tertiary/aromatic N) is 1. The lowest BCUT2D eigenvalue weighted by Gasteiger charge is -2.26. The van der Waals surface area contributed by atoms with Crippen LogP contribution in [0.4, 0.5) is 0 Å². The van der Waals surface area contributed by atoms with E-state index in [0.717, 1.165) is 12.8 Å². The molecule has 1 fully saturated rings. The molecule has 4 heteroatoms. The van der Waals surface area contributed by atoms with Crippen molar-refractivity contribution >= 4 is 11.8 Å². The number of nitrogens with two attached hydrogens (primary N) is 1. The Bertz CT molecular complexity index is 278. The van der Waals surface area contributed by atoms with Gasteiger partial charge in [0.15, 0.2) is 0 Å². The summed E-state index contributed by atoms with van der Waals surface area (Å²) in [5.74, 6) is -0.318. The van der Waals surface area contributed by atoms with Gasteiger partial charge in [-0.15, -0.1) is 0 Å². The maximum atomic E-state index is 12.1. The van der Waals surface area contributed by atoms with Gasteiger partial charge in [0.25, 0.3) is 0 Å². The molecule has 15 heavy (non-hydrogen) atoms. The van der Waals surface area contributed by atoms with Crippen LogP contribution in [0.1, 0.15) is 40.0 Å². The fourth-order valence-electron chi connectivity index (χ4n) is 2.12. The number of hydrogen-bond donors (Lipinski definition) is 1. The van der Waals surface area contributed by atoms with Crippen LogP contribution in [0, 0.1) is 5.41 Å². The van der Waals surface area contributed by atoms with Crippen LogP contribution in [0.25, 0.3) is 0 Å². The quantitative estimate of drug-likeness (QED) is 0.752. The van der Waals surface area contributed by atoms with Gasteiger partial charge in [-0.3, -0.25) is 9.59 Å². The molecule has 0 bridgehead atoms. The van der Waals surface area contributed by atoms with Gasteiger partial charge in [0.05, 0.1) is 0 Å². The van der Waals surface area contributed by atoms with Gasteiger partial charge in [0.2, 0.25) is 11.8 Å². The molecule has 86 valence electrons. The monoisotopic (exact) mass is 212 g/mol. The van der Waals surface area contributed by atoms with Crippen LogP contribution in [-0.4, -0.2) is 29.3 Å². The van der Waals surface area contributed by atoms with E-state index in [1.807, 2.05) is 20.8 Å². The molecule has 2 amide bonds. The minimum Gasteiger partial charge on any atom is -0.368 e. The van der Waals surface area contributed by atoms with Gasteiger partial charge in [-0.1, -0.05) is 20.8 Å². The SMILES string of the molecule is CC[C@@H](C(N)=O)N1CCC(C)(CC)C1=O.